The normalized spacial score (nSPS) is 15.2. The zero-order chi connectivity index (χ0) is 12.4. The lowest BCUT2D eigenvalue weighted by molar-refractivity contribution is -0.135. The van der Waals surface area contributed by atoms with Gasteiger partial charge in [-0.05, 0) is 18.8 Å². The Morgan fingerprint density at radius 1 is 1.59 bits per heavy atom. The molecule has 0 saturated heterocycles. The number of carboxylic acid groups (broad SMARTS) is 1. The van der Waals surface area contributed by atoms with E-state index in [2.05, 4.69) is 9.36 Å². The van der Waals surface area contributed by atoms with Crippen LogP contribution in [0.3, 0.4) is 0 Å². The smallest absolute Gasteiger partial charge is 0.323 e. The Balaban J connectivity index is 2.08. The number of nitrogens with zero attached hydrogens (tertiary/aromatic N) is 3. The Labute approximate surface area is 105 Å². The van der Waals surface area contributed by atoms with Crippen LogP contribution in [0, 0.1) is 5.92 Å². The zero-order valence-corrected chi connectivity index (χ0v) is 10.9. The topological polar surface area (TPSA) is 66.3 Å². The van der Waals surface area contributed by atoms with Gasteiger partial charge in [0.1, 0.15) is 12.4 Å². The van der Waals surface area contributed by atoms with Gasteiger partial charge < -0.3 is 10.0 Å². The molecule has 1 aliphatic carbocycles. The number of carboxylic acids is 1. The summed E-state index contributed by atoms with van der Waals surface area (Å²) in [6, 6.07) is 0. The first kappa shape index (κ1) is 12.3. The molecular weight excluding hydrogens is 238 g/mol. The third-order valence-electron chi connectivity index (χ3n) is 2.72. The molecule has 1 fully saturated rings. The Morgan fingerprint density at radius 2 is 2.29 bits per heavy atom. The van der Waals surface area contributed by atoms with Crippen LogP contribution in [0.25, 0.3) is 0 Å². The Morgan fingerprint density at radius 3 is 2.76 bits per heavy atom. The summed E-state index contributed by atoms with van der Waals surface area (Å²) >= 11 is 1.30. The molecule has 0 aliphatic heterocycles. The van der Waals surface area contributed by atoms with Gasteiger partial charge in [0.25, 0.3) is 0 Å². The maximum atomic E-state index is 10.8. The molecule has 1 saturated carbocycles. The lowest BCUT2D eigenvalue weighted by Crippen LogP contribution is -2.31. The predicted octanol–water partition coefficient (Wildman–Crippen LogP) is 1.96. The van der Waals surface area contributed by atoms with Crippen LogP contribution in [0.15, 0.2) is 0 Å². The van der Waals surface area contributed by atoms with E-state index in [1.807, 2.05) is 18.7 Å². The number of aromatic nitrogens is 2. The van der Waals surface area contributed by atoms with Crippen molar-refractivity contribution in [3.05, 3.63) is 5.82 Å². The number of rotatable bonds is 6. The highest BCUT2D eigenvalue weighted by atomic mass is 32.1. The molecule has 1 N–H and O–H groups in total. The van der Waals surface area contributed by atoms with Crippen molar-refractivity contribution < 1.29 is 9.90 Å². The number of hydrogen-bond acceptors (Lipinski definition) is 5. The van der Waals surface area contributed by atoms with E-state index in [1.54, 1.807) is 0 Å². The lowest BCUT2D eigenvalue weighted by atomic mass is 10.2. The molecule has 17 heavy (non-hydrogen) atoms. The maximum absolute atomic E-state index is 10.8. The van der Waals surface area contributed by atoms with Crippen molar-refractivity contribution in [1.82, 2.24) is 9.36 Å². The van der Waals surface area contributed by atoms with Gasteiger partial charge in [0.05, 0.1) is 0 Å². The Kier molecular flexibility index (Phi) is 3.61. The Hall–Kier alpha value is -1.17. The first-order chi connectivity index (χ1) is 8.06. The van der Waals surface area contributed by atoms with Gasteiger partial charge >= 0.3 is 5.97 Å². The van der Waals surface area contributed by atoms with Crippen molar-refractivity contribution in [2.24, 2.45) is 5.92 Å². The first-order valence-corrected chi connectivity index (χ1v) is 6.64. The second-order valence-electron chi connectivity index (χ2n) is 4.81. The quantitative estimate of drug-likeness (QED) is 0.841. The molecule has 1 aromatic rings. The van der Waals surface area contributed by atoms with Crippen LogP contribution in [0.1, 0.15) is 38.4 Å². The van der Waals surface area contributed by atoms with Crippen molar-refractivity contribution in [2.75, 3.05) is 18.0 Å². The van der Waals surface area contributed by atoms with Crippen LogP contribution in [0.4, 0.5) is 5.13 Å². The van der Waals surface area contributed by atoms with E-state index < -0.39 is 5.97 Å². The molecule has 6 heteroatoms. The summed E-state index contributed by atoms with van der Waals surface area (Å²) in [5, 5.41) is 9.65. The van der Waals surface area contributed by atoms with Crippen LogP contribution < -0.4 is 4.90 Å². The SMILES string of the molecule is CC(C)c1nsc(N(CC(=O)O)CC2CC2)n1. The molecule has 0 radical (unpaired) electrons. The van der Waals surface area contributed by atoms with Crippen LogP contribution in [-0.2, 0) is 4.79 Å². The van der Waals surface area contributed by atoms with E-state index in [9.17, 15) is 4.79 Å². The van der Waals surface area contributed by atoms with Crippen LogP contribution in [0.2, 0.25) is 0 Å². The van der Waals surface area contributed by atoms with Gasteiger partial charge in [-0.1, -0.05) is 13.8 Å². The molecule has 0 spiro atoms. The van der Waals surface area contributed by atoms with E-state index in [4.69, 9.17) is 5.11 Å². The highest BCUT2D eigenvalue weighted by molar-refractivity contribution is 7.09. The van der Waals surface area contributed by atoms with Crippen molar-refractivity contribution in [2.45, 2.75) is 32.6 Å². The molecular formula is C11H17N3O2S. The van der Waals surface area contributed by atoms with E-state index in [0.717, 1.165) is 17.5 Å². The second-order valence-corrected chi connectivity index (χ2v) is 5.54. The summed E-state index contributed by atoms with van der Waals surface area (Å²) in [7, 11) is 0. The van der Waals surface area contributed by atoms with Crippen molar-refractivity contribution >= 4 is 22.6 Å². The second kappa shape index (κ2) is 5.00. The van der Waals surface area contributed by atoms with E-state index >= 15 is 0 Å². The lowest BCUT2D eigenvalue weighted by Gasteiger charge is -2.18. The summed E-state index contributed by atoms with van der Waals surface area (Å²) in [6.45, 7) is 4.88. The van der Waals surface area contributed by atoms with Gasteiger partial charge in [-0.25, -0.2) is 4.98 Å². The highest BCUT2D eigenvalue weighted by Gasteiger charge is 2.27. The standard InChI is InChI=1S/C11H17N3O2S/c1-7(2)10-12-11(17-13-10)14(6-9(15)16)5-8-3-4-8/h7-8H,3-6H2,1-2H3,(H,15,16). The third kappa shape index (κ3) is 3.39. The fourth-order valence-corrected chi connectivity index (χ4v) is 2.39. The van der Waals surface area contributed by atoms with E-state index in [1.165, 1.54) is 24.4 Å². The van der Waals surface area contributed by atoms with E-state index in [0.29, 0.717) is 5.92 Å². The number of hydrogen-bond donors (Lipinski definition) is 1. The molecule has 0 bridgehead atoms. The van der Waals surface area contributed by atoms with Crippen LogP contribution >= 0.6 is 11.5 Å². The minimum absolute atomic E-state index is 0.0171. The zero-order valence-electron chi connectivity index (χ0n) is 10.1. The molecule has 1 heterocycles. The number of carbonyl (C=O) groups is 1. The predicted molar refractivity (Wildman–Crippen MR) is 66.6 cm³/mol. The monoisotopic (exact) mass is 255 g/mol. The van der Waals surface area contributed by atoms with Gasteiger partial charge in [0.2, 0.25) is 5.13 Å². The summed E-state index contributed by atoms with van der Waals surface area (Å²) in [6.07, 6.45) is 2.40. The third-order valence-corrected chi connectivity index (χ3v) is 3.51. The van der Waals surface area contributed by atoms with Crippen molar-refractivity contribution in [3.8, 4) is 0 Å². The molecule has 0 aromatic carbocycles. The largest absolute Gasteiger partial charge is 0.480 e. The fourth-order valence-electron chi connectivity index (χ4n) is 1.58. The summed E-state index contributed by atoms with van der Waals surface area (Å²) < 4.78 is 4.27. The molecule has 0 unspecified atom stereocenters. The highest BCUT2D eigenvalue weighted by Crippen LogP contribution is 2.32. The number of anilines is 1. The summed E-state index contributed by atoms with van der Waals surface area (Å²) in [5.74, 6) is 0.913. The van der Waals surface area contributed by atoms with Gasteiger partial charge in [-0.15, -0.1) is 0 Å². The van der Waals surface area contributed by atoms with Gasteiger partial charge in [0.15, 0.2) is 0 Å². The van der Waals surface area contributed by atoms with Crippen LogP contribution in [0.5, 0.6) is 0 Å². The minimum atomic E-state index is -0.813. The molecule has 1 aromatic heterocycles. The summed E-state index contributed by atoms with van der Waals surface area (Å²) in [5.41, 5.74) is 0. The number of aliphatic carboxylic acids is 1. The van der Waals surface area contributed by atoms with Gasteiger partial charge in [-0.2, -0.15) is 4.37 Å². The Bertz CT molecular complexity index is 401. The molecule has 0 atom stereocenters. The molecule has 5 nitrogen and oxygen atoms in total. The molecule has 2 rings (SSSR count). The van der Waals surface area contributed by atoms with Crippen molar-refractivity contribution in [1.29, 1.82) is 0 Å². The summed E-state index contributed by atoms with van der Waals surface area (Å²) in [4.78, 5) is 17.1. The van der Waals surface area contributed by atoms with Crippen molar-refractivity contribution in [3.63, 3.8) is 0 Å². The average Bonchev–Trinajstić information content (AvgIpc) is 2.92. The van der Waals surface area contributed by atoms with Gasteiger partial charge in [0, 0.05) is 24.0 Å². The van der Waals surface area contributed by atoms with E-state index in [-0.39, 0.29) is 12.5 Å². The maximum Gasteiger partial charge on any atom is 0.323 e. The van der Waals surface area contributed by atoms with Gasteiger partial charge in [-0.3, -0.25) is 4.79 Å². The molecule has 94 valence electrons. The average molecular weight is 255 g/mol. The van der Waals surface area contributed by atoms with Crippen LogP contribution in [-0.4, -0.2) is 33.5 Å². The molecule has 0 amide bonds. The fraction of sp³-hybridized carbons (Fsp3) is 0.727. The first-order valence-electron chi connectivity index (χ1n) is 5.86. The minimum Gasteiger partial charge on any atom is -0.480 e. The molecule has 1 aliphatic rings.